The topological polar surface area (TPSA) is 78.4 Å². The average molecular weight is 408 g/mol. The maximum Gasteiger partial charge on any atom is 0.387 e. The monoisotopic (exact) mass is 408 g/mol. The Morgan fingerprint density at radius 3 is 2.28 bits per heavy atom. The van der Waals surface area contributed by atoms with Gasteiger partial charge in [-0.2, -0.15) is 13.9 Å². The third-order valence-corrected chi connectivity index (χ3v) is 3.79. The second-order valence-corrected chi connectivity index (χ2v) is 5.71. The van der Waals surface area contributed by atoms with Gasteiger partial charge in [-0.25, -0.2) is 5.43 Å². The molecule has 2 aromatic carbocycles. The SMILES string of the molecule is CCc1ccc(OCC(=O)N/N=C\c2cc(OC)c(OC(F)F)c(OC)c2)cc1. The lowest BCUT2D eigenvalue weighted by Gasteiger charge is -2.14. The zero-order chi connectivity index (χ0) is 21.2. The van der Waals surface area contributed by atoms with Gasteiger partial charge >= 0.3 is 6.61 Å². The highest BCUT2D eigenvalue weighted by atomic mass is 19.3. The summed E-state index contributed by atoms with van der Waals surface area (Å²) >= 11 is 0. The maximum atomic E-state index is 12.6. The molecule has 0 atom stereocenters. The van der Waals surface area contributed by atoms with Crippen LogP contribution in [-0.2, 0) is 11.2 Å². The first-order valence-electron chi connectivity index (χ1n) is 8.71. The zero-order valence-electron chi connectivity index (χ0n) is 16.3. The van der Waals surface area contributed by atoms with Crippen molar-refractivity contribution in [2.45, 2.75) is 20.0 Å². The molecule has 7 nitrogen and oxygen atoms in total. The van der Waals surface area contributed by atoms with Gasteiger partial charge in [0.15, 0.2) is 18.1 Å². The number of carbonyl (C=O) groups excluding carboxylic acids is 1. The molecule has 0 aromatic heterocycles. The lowest BCUT2D eigenvalue weighted by molar-refractivity contribution is -0.123. The van der Waals surface area contributed by atoms with Gasteiger partial charge in [-0.1, -0.05) is 19.1 Å². The number of methoxy groups -OCH3 is 2. The molecular formula is C20H22F2N2O5. The minimum Gasteiger partial charge on any atom is -0.493 e. The molecule has 0 heterocycles. The molecule has 0 bridgehead atoms. The molecule has 2 aromatic rings. The number of hydrogen-bond acceptors (Lipinski definition) is 6. The minimum atomic E-state index is -3.03. The Balaban J connectivity index is 1.96. The molecule has 1 N–H and O–H groups in total. The first-order chi connectivity index (χ1) is 14.0. The maximum absolute atomic E-state index is 12.6. The lowest BCUT2D eigenvalue weighted by atomic mass is 10.2. The van der Waals surface area contributed by atoms with Crippen molar-refractivity contribution in [3.05, 3.63) is 47.5 Å². The molecule has 0 aliphatic carbocycles. The third kappa shape index (κ3) is 6.63. The molecule has 156 valence electrons. The van der Waals surface area contributed by atoms with Crippen LogP contribution < -0.4 is 24.4 Å². The quantitative estimate of drug-likeness (QED) is 0.482. The molecule has 0 aliphatic heterocycles. The van der Waals surface area contributed by atoms with E-state index in [9.17, 15) is 13.6 Å². The lowest BCUT2D eigenvalue weighted by Crippen LogP contribution is -2.24. The second-order valence-electron chi connectivity index (χ2n) is 5.71. The van der Waals surface area contributed by atoms with Gasteiger partial charge in [0, 0.05) is 5.56 Å². The smallest absolute Gasteiger partial charge is 0.387 e. The first-order valence-corrected chi connectivity index (χ1v) is 8.71. The fourth-order valence-corrected chi connectivity index (χ4v) is 2.36. The van der Waals surface area contributed by atoms with E-state index in [2.05, 4.69) is 15.3 Å². The first kappa shape index (κ1) is 21.9. The summed E-state index contributed by atoms with van der Waals surface area (Å²) in [5.74, 6) is -0.0379. The van der Waals surface area contributed by atoms with Crippen LogP contribution in [-0.4, -0.2) is 39.6 Å². The molecular weight excluding hydrogens is 386 g/mol. The standard InChI is InChI=1S/C20H22F2N2O5/c1-4-13-5-7-15(8-6-13)28-12-18(25)24-23-11-14-9-16(26-2)19(29-20(21)22)17(10-14)27-3/h5-11,20H,4,12H2,1-3H3,(H,24,25)/b23-11-. The second kappa shape index (κ2) is 10.8. The van der Waals surface area contributed by atoms with Gasteiger partial charge in [0.25, 0.3) is 5.91 Å². The van der Waals surface area contributed by atoms with E-state index >= 15 is 0 Å². The van der Waals surface area contributed by atoms with E-state index in [4.69, 9.17) is 14.2 Å². The number of nitrogens with one attached hydrogen (secondary N) is 1. The van der Waals surface area contributed by atoms with Crippen molar-refractivity contribution in [2.24, 2.45) is 5.10 Å². The Labute approximate surface area is 167 Å². The summed E-state index contributed by atoms with van der Waals surface area (Å²) < 4.78 is 45.0. The van der Waals surface area contributed by atoms with Crippen molar-refractivity contribution in [3.63, 3.8) is 0 Å². The van der Waals surface area contributed by atoms with Crippen LogP contribution in [0, 0.1) is 0 Å². The van der Waals surface area contributed by atoms with Gasteiger partial charge < -0.3 is 18.9 Å². The molecule has 0 radical (unpaired) electrons. The number of hydrazone groups is 1. The highest BCUT2D eigenvalue weighted by Crippen LogP contribution is 2.39. The Hall–Kier alpha value is -3.36. The van der Waals surface area contributed by atoms with Gasteiger partial charge in [-0.05, 0) is 36.2 Å². The summed E-state index contributed by atoms with van der Waals surface area (Å²) in [5.41, 5.74) is 3.93. The molecule has 0 fully saturated rings. The molecule has 0 aliphatic rings. The normalized spacial score (nSPS) is 10.8. The van der Waals surface area contributed by atoms with E-state index in [1.165, 1.54) is 38.1 Å². The Kier molecular flexibility index (Phi) is 8.20. The third-order valence-electron chi connectivity index (χ3n) is 3.79. The number of halogens is 2. The van der Waals surface area contributed by atoms with Crippen molar-refractivity contribution in [1.29, 1.82) is 0 Å². The molecule has 2 rings (SSSR count). The van der Waals surface area contributed by atoms with Crippen LogP contribution in [0.5, 0.6) is 23.0 Å². The molecule has 9 heteroatoms. The largest absolute Gasteiger partial charge is 0.493 e. The van der Waals surface area contributed by atoms with Crippen LogP contribution >= 0.6 is 0 Å². The van der Waals surface area contributed by atoms with Crippen LogP contribution in [0.1, 0.15) is 18.1 Å². The number of benzene rings is 2. The fraction of sp³-hybridized carbons (Fsp3) is 0.300. The Bertz CT molecular complexity index is 816. The minimum absolute atomic E-state index is 0.0382. The van der Waals surface area contributed by atoms with Crippen molar-refractivity contribution >= 4 is 12.1 Å². The summed E-state index contributed by atoms with van der Waals surface area (Å²) in [6.45, 7) is -1.20. The Morgan fingerprint density at radius 2 is 1.76 bits per heavy atom. The number of aryl methyl sites for hydroxylation is 1. The average Bonchev–Trinajstić information content (AvgIpc) is 2.72. The number of alkyl halides is 2. The molecule has 0 saturated carbocycles. The highest BCUT2D eigenvalue weighted by Gasteiger charge is 2.17. The van der Waals surface area contributed by atoms with E-state index in [0.29, 0.717) is 11.3 Å². The van der Waals surface area contributed by atoms with E-state index in [1.807, 2.05) is 19.1 Å². The summed E-state index contributed by atoms with van der Waals surface area (Å²) in [5, 5.41) is 3.82. The summed E-state index contributed by atoms with van der Waals surface area (Å²) in [4.78, 5) is 11.8. The number of carbonyl (C=O) groups is 1. The van der Waals surface area contributed by atoms with Crippen LogP contribution in [0.25, 0.3) is 0 Å². The predicted molar refractivity (Wildman–Crippen MR) is 103 cm³/mol. The molecule has 1 amide bonds. The number of hydrogen-bond donors (Lipinski definition) is 1. The molecule has 29 heavy (non-hydrogen) atoms. The van der Waals surface area contributed by atoms with Gasteiger partial charge in [0.1, 0.15) is 5.75 Å². The van der Waals surface area contributed by atoms with Crippen LogP contribution in [0.15, 0.2) is 41.5 Å². The molecule has 0 spiro atoms. The summed E-state index contributed by atoms with van der Waals surface area (Å²) in [6, 6.07) is 10.3. The summed E-state index contributed by atoms with van der Waals surface area (Å²) in [7, 11) is 2.61. The van der Waals surface area contributed by atoms with Crippen molar-refractivity contribution in [1.82, 2.24) is 5.43 Å². The van der Waals surface area contributed by atoms with Gasteiger partial charge in [-0.15, -0.1) is 0 Å². The molecule has 0 unspecified atom stereocenters. The zero-order valence-corrected chi connectivity index (χ0v) is 16.3. The summed E-state index contributed by atoms with van der Waals surface area (Å²) in [6.07, 6.45) is 2.23. The predicted octanol–water partition coefficient (Wildman–Crippen LogP) is 3.40. The van der Waals surface area contributed by atoms with Crippen LogP contribution in [0.4, 0.5) is 8.78 Å². The van der Waals surface area contributed by atoms with Crippen LogP contribution in [0.2, 0.25) is 0 Å². The number of nitrogens with zero attached hydrogens (tertiary/aromatic N) is 1. The van der Waals surface area contributed by atoms with Crippen LogP contribution in [0.3, 0.4) is 0 Å². The molecule has 0 saturated heterocycles. The van der Waals surface area contributed by atoms with E-state index < -0.39 is 12.5 Å². The number of rotatable bonds is 10. The van der Waals surface area contributed by atoms with E-state index in [0.717, 1.165) is 6.42 Å². The van der Waals surface area contributed by atoms with Gasteiger partial charge in [0.05, 0.1) is 20.4 Å². The van der Waals surface area contributed by atoms with Crippen molar-refractivity contribution in [3.8, 4) is 23.0 Å². The fourth-order valence-electron chi connectivity index (χ4n) is 2.36. The van der Waals surface area contributed by atoms with E-state index in [1.54, 1.807) is 12.1 Å². The highest BCUT2D eigenvalue weighted by molar-refractivity contribution is 5.84. The number of ether oxygens (including phenoxy) is 4. The Morgan fingerprint density at radius 1 is 1.14 bits per heavy atom. The van der Waals surface area contributed by atoms with Crippen molar-refractivity contribution in [2.75, 3.05) is 20.8 Å². The number of amides is 1. The van der Waals surface area contributed by atoms with Crippen molar-refractivity contribution < 1.29 is 32.5 Å². The van der Waals surface area contributed by atoms with Gasteiger partial charge in [0.2, 0.25) is 5.75 Å². The van der Waals surface area contributed by atoms with E-state index in [-0.39, 0.29) is 23.9 Å². The van der Waals surface area contributed by atoms with Gasteiger partial charge in [-0.3, -0.25) is 4.79 Å².